The zero-order chi connectivity index (χ0) is 18.9. The van der Waals surface area contributed by atoms with Gasteiger partial charge in [0.25, 0.3) is 5.91 Å². The van der Waals surface area contributed by atoms with Crippen molar-refractivity contribution in [1.29, 1.82) is 0 Å². The van der Waals surface area contributed by atoms with Gasteiger partial charge in [-0.15, -0.1) is 0 Å². The standard InChI is InChI=1S/C18H16Cl3NO3S/c19-13-3-1-12(2-4-13)10-22(15-7-8-26(24,25)11-15)18(23)16-6-5-14(20)9-17(16)21/h1-6,9,15H,7-8,10-11H2/t15-/m1/s1. The van der Waals surface area contributed by atoms with Gasteiger partial charge in [0.15, 0.2) is 9.84 Å². The van der Waals surface area contributed by atoms with Gasteiger partial charge < -0.3 is 4.90 Å². The molecule has 0 saturated carbocycles. The Labute approximate surface area is 167 Å². The van der Waals surface area contributed by atoms with Gasteiger partial charge in [-0.25, -0.2) is 8.42 Å². The van der Waals surface area contributed by atoms with Crippen molar-refractivity contribution in [2.45, 2.75) is 19.0 Å². The van der Waals surface area contributed by atoms with Crippen LogP contribution in [0.15, 0.2) is 42.5 Å². The van der Waals surface area contributed by atoms with Gasteiger partial charge in [0, 0.05) is 22.6 Å². The van der Waals surface area contributed by atoms with Gasteiger partial charge in [-0.05, 0) is 42.3 Å². The smallest absolute Gasteiger partial charge is 0.255 e. The lowest BCUT2D eigenvalue weighted by Crippen LogP contribution is -2.40. The van der Waals surface area contributed by atoms with Gasteiger partial charge in [-0.3, -0.25) is 4.79 Å². The molecule has 2 aromatic carbocycles. The summed E-state index contributed by atoms with van der Waals surface area (Å²) in [7, 11) is -3.14. The van der Waals surface area contributed by atoms with E-state index in [-0.39, 0.29) is 29.0 Å². The first-order valence-corrected chi connectivity index (χ1v) is 10.9. The number of hydrogen-bond acceptors (Lipinski definition) is 3. The third kappa shape index (κ3) is 4.52. The summed E-state index contributed by atoms with van der Waals surface area (Å²) in [6, 6.07) is 11.4. The zero-order valence-corrected chi connectivity index (χ0v) is 16.7. The Balaban J connectivity index is 1.94. The summed E-state index contributed by atoms with van der Waals surface area (Å²) in [6.45, 7) is 0.273. The van der Waals surface area contributed by atoms with Crippen molar-refractivity contribution in [1.82, 2.24) is 4.90 Å². The number of amides is 1. The highest BCUT2D eigenvalue weighted by atomic mass is 35.5. The van der Waals surface area contributed by atoms with Gasteiger partial charge in [-0.2, -0.15) is 0 Å². The summed E-state index contributed by atoms with van der Waals surface area (Å²) >= 11 is 18.0. The summed E-state index contributed by atoms with van der Waals surface area (Å²) in [5, 5.41) is 1.26. The van der Waals surface area contributed by atoms with Gasteiger partial charge in [0.05, 0.1) is 22.1 Å². The molecular weight excluding hydrogens is 417 g/mol. The van der Waals surface area contributed by atoms with Gasteiger partial charge in [-0.1, -0.05) is 46.9 Å². The molecule has 0 aromatic heterocycles. The highest BCUT2D eigenvalue weighted by molar-refractivity contribution is 7.91. The fraction of sp³-hybridized carbons (Fsp3) is 0.278. The molecular formula is C18H16Cl3NO3S. The first-order chi connectivity index (χ1) is 12.2. The highest BCUT2D eigenvalue weighted by Crippen LogP contribution is 2.27. The Hall–Kier alpha value is -1.27. The number of carbonyl (C=O) groups is 1. The van der Waals surface area contributed by atoms with Crippen LogP contribution in [-0.4, -0.2) is 36.8 Å². The second-order valence-electron chi connectivity index (χ2n) is 6.24. The van der Waals surface area contributed by atoms with Crippen LogP contribution in [0, 0.1) is 0 Å². The molecule has 2 aromatic rings. The Bertz CT molecular complexity index is 929. The molecule has 0 spiro atoms. The lowest BCUT2D eigenvalue weighted by molar-refractivity contribution is 0.0681. The average molecular weight is 433 g/mol. The average Bonchev–Trinajstić information content (AvgIpc) is 2.93. The number of sulfone groups is 1. The van der Waals surface area contributed by atoms with E-state index in [1.54, 1.807) is 29.2 Å². The summed E-state index contributed by atoms with van der Waals surface area (Å²) in [6.07, 6.45) is 0.410. The van der Waals surface area contributed by atoms with E-state index in [0.717, 1.165) is 5.56 Å². The van der Waals surface area contributed by atoms with Crippen molar-refractivity contribution >= 4 is 50.5 Å². The van der Waals surface area contributed by atoms with Crippen LogP contribution < -0.4 is 0 Å². The van der Waals surface area contributed by atoms with E-state index < -0.39 is 15.9 Å². The Morgan fingerprint density at radius 1 is 1.04 bits per heavy atom. The van der Waals surface area contributed by atoms with Gasteiger partial charge in [0.2, 0.25) is 0 Å². The third-order valence-corrected chi connectivity index (χ3v) is 6.89. The Kier molecular flexibility index (Phi) is 5.82. The Morgan fingerprint density at radius 3 is 2.27 bits per heavy atom. The molecule has 1 saturated heterocycles. The summed E-state index contributed by atoms with van der Waals surface area (Å²) < 4.78 is 23.8. The lowest BCUT2D eigenvalue weighted by atomic mass is 10.1. The highest BCUT2D eigenvalue weighted by Gasteiger charge is 2.35. The molecule has 0 bridgehead atoms. The summed E-state index contributed by atoms with van der Waals surface area (Å²) in [5.74, 6) is -0.280. The van der Waals surface area contributed by atoms with Crippen LogP contribution >= 0.6 is 34.8 Å². The molecule has 3 rings (SSSR count). The number of hydrogen-bond donors (Lipinski definition) is 0. The molecule has 0 radical (unpaired) electrons. The van der Waals surface area contributed by atoms with Crippen molar-refractivity contribution in [2.24, 2.45) is 0 Å². The van der Waals surface area contributed by atoms with Crippen molar-refractivity contribution in [3.63, 3.8) is 0 Å². The van der Waals surface area contributed by atoms with Crippen LogP contribution in [0.2, 0.25) is 15.1 Å². The molecule has 1 heterocycles. The molecule has 0 unspecified atom stereocenters. The number of carbonyl (C=O) groups excluding carboxylic acids is 1. The van der Waals surface area contributed by atoms with Gasteiger partial charge >= 0.3 is 0 Å². The number of benzene rings is 2. The van der Waals surface area contributed by atoms with E-state index >= 15 is 0 Å². The second-order valence-corrected chi connectivity index (χ2v) is 9.75. The molecule has 0 N–H and O–H groups in total. The SMILES string of the molecule is O=C(c1ccc(Cl)cc1Cl)N(Cc1ccc(Cl)cc1)[C@@H]1CCS(=O)(=O)C1. The molecule has 1 aliphatic heterocycles. The molecule has 1 fully saturated rings. The van der Waals surface area contributed by atoms with Gasteiger partial charge in [0.1, 0.15) is 0 Å². The van der Waals surface area contributed by atoms with Crippen LogP contribution in [0.5, 0.6) is 0 Å². The van der Waals surface area contributed by atoms with Crippen molar-refractivity contribution in [3.05, 3.63) is 68.7 Å². The first-order valence-electron chi connectivity index (χ1n) is 7.96. The zero-order valence-electron chi connectivity index (χ0n) is 13.7. The lowest BCUT2D eigenvalue weighted by Gasteiger charge is -2.29. The van der Waals surface area contributed by atoms with Crippen LogP contribution in [-0.2, 0) is 16.4 Å². The predicted molar refractivity (Wildman–Crippen MR) is 105 cm³/mol. The van der Waals surface area contributed by atoms with Crippen LogP contribution in [0.25, 0.3) is 0 Å². The van der Waals surface area contributed by atoms with Crippen LogP contribution in [0.1, 0.15) is 22.3 Å². The maximum Gasteiger partial charge on any atom is 0.255 e. The van der Waals surface area contributed by atoms with E-state index in [2.05, 4.69) is 0 Å². The van der Waals surface area contributed by atoms with Crippen molar-refractivity contribution in [2.75, 3.05) is 11.5 Å². The van der Waals surface area contributed by atoms with E-state index in [4.69, 9.17) is 34.8 Å². The van der Waals surface area contributed by atoms with Crippen LogP contribution in [0.4, 0.5) is 0 Å². The molecule has 138 valence electrons. The topological polar surface area (TPSA) is 54.5 Å². The van der Waals surface area contributed by atoms with E-state index in [0.29, 0.717) is 22.0 Å². The minimum Gasteiger partial charge on any atom is -0.330 e. The van der Waals surface area contributed by atoms with Crippen molar-refractivity contribution in [3.8, 4) is 0 Å². The van der Waals surface area contributed by atoms with Crippen molar-refractivity contribution < 1.29 is 13.2 Å². The molecule has 0 aliphatic carbocycles. The molecule has 26 heavy (non-hydrogen) atoms. The first kappa shape index (κ1) is 19.5. The monoisotopic (exact) mass is 431 g/mol. The molecule has 1 amide bonds. The third-order valence-electron chi connectivity index (χ3n) is 4.34. The normalized spacial score (nSPS) is 18.7. The number of halogens is 3. The maximum absolute atomic E-state index is 13.1. The fourth-order valence-electron chi connectivity index (χ4n) is 2.99. The quantitative estimate of drug-likeness (QED) is 0.716. The minimum absolute atomic E-state index is 0.0441. The molecule has 8 heteroatoms. The number of rotatable bonds is 4. The summed E-state index contributed by atoms with van der Waals surface area (Å²) in [4.78, 5) is 14.7. The maximum atomic E-state index is 13.1. The van der Waals surface area contributed by atoms with E-state index in [1.165, 1.54) is 6.07 Å². The number of nitrogens with zero attached hydrogens (tertiary/aromatic N) is 1. The summed E-state index contributed by atoms with van der Waals surface area (Å²) in [5.41, 5.74) is 1.16. The Morgan fingerprint density at radius 2 is 1.69 bits per heavy atom. The molecule has 4 nitrogen and oxygen atoms in total. The minimum atomic E-state index is -3.14. The predicted octanol–water partition coefficient (Wildman–Crippen LogP) is 4.48. The fourth-order valence-corrected chi connectivity index (χ4v) is 5.34. The molecule has 1 atom stereocenters. The molecule has 1 aliphatic rings. The van der Waals surface area contributed by atoms with E-state index in [1.807, 2.05) is 12.1 Å². The van der Waals surface area contributed by atoms with Crippen LogP contribution in [0.3, 0.4) is 0 Å². The largest absolute Gasteiger partial charge is 0.330 e. The second kappa shape index (κ2) is 7.77. The van der Waals surface area contributed by atoms with E-state index in [9.17, 15) is 13.2 Å².